The Hall–Kier alpha value is -0.0800. The van der Waals surface area contributed by atoms with Gasteiger partial charge in [-0.05, 0) is 44.9 Å². The van der Waals surface area contributed by atoms with Crippen LogP contribution in [-0.4, -0.2) is 37.6 Å². The highest BCUT2D eigenvalue weighted by atomic mass is 15.1. The molecule has 0 aromatic carbocycles. The summed E-state index contributed by atoms with van der Waals surface area (Å²) in [5.74, 6) is 0.913. The van der Waals surface area contributed by atoms with Crippen LogP contribution < -0.4 is 5.32 Å². The minimum atomic E-state index is 0.913. The van der Waals surface area contributed by atoms with E-state index in [-0.39, 0.29) is 0 Å². The summed E-state index contributed by atoms with van der Waals surface area (Å²) < 4.78 is 0. The van der Waals surface area contributed by atoms with Crippen LogP contribution in [0.15, 0.2) is 0 Å². The summed E-state index contributed by atoms with van der Waals surface area (Å²) in [6.07, 6.45) is 5.45. The maximum Gasteiger partial charge on any atom is 0.00222 e. The average molecular weight is 198 g/mol. The molecule has 84 valence electrons. The number of rotatable bonds is 7. The smallest absolute Gasteiger partial charge is 0.00222 e. The van der Waals surface area contributed by atoms with Gasteiger partial charge in [0.1, 0.15) is 0 Å². The molecule has 0 aromatic heterocycles. The lowest BCUT2D eigenvalue weighted by atomic mass is 10.1. The molecule has 0 radical (unpaired) electrons. The third kappa shape index (κ3) is 4.43. The molecule has 1 aliphatic heterocycles. The number of likely N-dealkylation sites (tertiary alicyclic amines) is 1. The van der Waals surface area contributed by atoms with Crippen LogP contribution in [0, 0.1) is 5.92 Å². The SMILES string of the molecule is CCCCCNCC1CCN(CC)C1. The molecule has 0 bridgehead atoms. The van der Waals surface area contributed by atoms with E-state index >= 15 is 0 Å². The minimum Gasteiger partial charge on any atom is -0.316 e. The lowest BCUT2D eigenvalue weighted by Crippen LogP contribution is -2.27. The van der Waals surface area contributed by atoms with Gasteiger partial charge in [0.05, 0.1) is 0 Å². The average Bonchev–Trinajstić information content (AvgIpc) is 2.65. The standard InChI is InChI=1S/C12H26N2/c1-3-5-6-8-13-10-12-7-9-14(4-2)11-12/h12-13H,3-11H2,1-2H3. The van der Waals surface area contributed by atoms with Gasteiger partial charge in [-0.1, -0.05) is 26.7 Å². The highest BCUT2D eigenvalue weighted by Gasteiger charge is 2.19. The molecule has 0 spiro atoms. The van der Waals surface area contributed by atoms with E-state index in [0.717, 1.165) is 5.92 Å². The summed E-state index contributed by atoms with van der Waals surface area (Å²) in [7, 11) is 0. The van der Waals surface area contributed by atoms with Crippen molar-refractivity contribution in [1.29, 1.82) is 0 Å². The Morgan fingerprint density at radius 3 is 2.79 bits per heavy atom. The van der Waals surface area contributed by atoms with Crippen LogP contribution in [0.5, 0.6) is 0 Å². The van der Waals surface area contributed by atoms with E-state index in [1.165, 1.54) is 58.4 Å². The van der Waals surface area contributed by atoms with Gasteiger partial charge in [0, 0.05) is 6.54 Å². The van der Waals surface area contributed by atoms with Crippen LogP contribution in [-0.2, 0) is 0 Å². The van der Waals surface area contributed by atoms with Gasteiger partial charge in [0.15, 0.2) is 0 Å². The first kappa shape index (κ1) is 12.0. The van der Waals surface area contributed by atoms with Crippen LogP contribution in [0.25, 0.3) is 0 Å². The molecule has 1 unspecified atom stereocenters. The van der Waals surface area contributed by atoms with Crippen molar-refractivity contribution in [3.05, 3.63) is 0 Å². The summed E-state index contributed by atoms with van der Waals surface area (Å²) in [6.45, 7) is 10.8. The summed E-state index contributed by atoms with van der Waals surface area (Å²) in [6, 6.07) is 0. The number of nitrogens with zero attached hydrogens (tertiary/aromatic N) is 1. The maximum atomic E-state index is 3.58. The molecule has 1 N–H and O–H groups in total. The van der Waals surface area contributed by atoms with Crippen molar-refractivity contribution in [2.45, 2.75) is 39.5 Å². The monoisotopic (exact) mass is 198 g/mol. The molecular formula is C12H26N2. The quantitative estimate of drug-likeness (QED) is 0.630. The van der Waals surface area contributed by atoms with Gasteiger partial charge in [0.25, 0.3) is 0 Å². The van der Waals surface area contributed by atoms with Crippen LogP contribution in [0.2, 0.25) is 0 Å². The maximum absolute atomic E-state index is 3.58. The van der Waals surface area contributed by atoms with E-state index in [9.17, 15) is 0 Å². The Kier molecular flexibility index (Phi) is 6.20. The fraction of sp³-hybridized carbons (Fsp3) is 1.00. The topological polar surface area (TPSA) is 15.3 Å². The highest BCUT2D eigenvalue weighted by molar-refractivity contribution is 4.76. The molecule has 1 rings (SSSR count). The van der Waals surface area contributed by atoms with Crippen molar-refractivity contribution in [2.75, 3.05) is 32.7 Å². The molecule has 1 aliphatic rings. The number of nitrogens with one attached hydrogen (secondary N) is 1. The van der Waals surface area contributed by atoms with Gasteiger partial charge in [-0.3, -0.25) is 0 Å². The molecule has 1 atom stereocenters. The molecule has 0 saturated carbocycles. The molecular weight excluding hydrogens is 172 g/mol. The Labute approximate surface area is 89.1 Å². The van der Waals surface area contributed by atoms with E-state index < -0.39 is 0 Å². The lowest BCUT2D eigenvalue weighted by Gasteiger charge is -2.13. The van der Waals surface area contributed by atoms with E-state index in [2.05, 4.69) is 24.1 Å². The first-order valence-electron chi connectivity index (χ1n) is 6.29. The number of hydrogen-bond acceptors (Lipinski definition) is 2. The zero-order valence-electron chi connectivity index (χ0n) is 9.89. The van der Waals surface area contributed by atoms with Crippen LogP contribution in [0.3, 0.4) is 0 Å². The Bertz CT molecular complexity index is 136. The molecule has 1 heterocycles. The lowest BCUT2D eigenvalue weighted by molar-refractivity contribution is 0.339. The predicted octanol–water partition coefficient (Wildman–Crippen LogP) is 2.11. The van der Waals surface area contributed by atoms with Crippen LogP contribution >= 0.6 is 0 Å². The van der Waals surface area contributed by atoms with Gasteiger partial charge < -0.3 is 10.2 Å². The summed E-state index contributed by atoms with van der Waals surface area (Å²) >= 11 is 0. The fourth-order valence-electron chi connectivity index (χ4n) is 2.17. The Morgan fingerprint density at radius 1 is 1.29 bits per heavy atom. The van der Waals surface area contributed by atoms with E-state index in [1.54, 1.807) is 0 Å². The molecule has 1 fully saturated rings. The Morgan fingerprint density at radius 2 is 2.14 bits per heavy atom. The third-order valence-corrected chi connectivity index (χ3v) is 3.21. The van der Waals surface area contributed by atoms with Crippen molar-refractivity contribution in [1.82, 2.24) is 10.2 Å². The zero-order chi connectivity index (χ0) is 10.2. The summed E-state index contributed by atoms with van der Waals surface area (Å²) in [5.41, 5.74) is 0. The van der Waals surface area contributed by atoms with E-state index in [1.807, 2.05) is 0 Å². The molecule has 0 aromatic rings. The first-order chi connectivity index (χ1) is 6.86. The Balaban J connectivity index is 1.92. The second-order valence-corrected chi connectivity index (χ2v) is 4.46. The fourth-order valence-corrected chi connectivity index (χ4v) is 2.17. The van der Waals surface area contributed by atoms with Crippen LogP contribution in [0.1, 0.15) is 39.5 Å². The van der Waals surface area contributed by atoms with Gasteiger partial charge in [0.2, 0.25) is 0 Å². The zero-order valence-corrected chi connectivity index (χ0v) is 9.89. The summed E-state index contributed by atoms with van der Waals surface area (Å²) in [5, 5.41) is 3.58. The first-order valence-corrected chi connectivity index (χ1v) is 6.29. The molecule has 2 nitrogen and oxygen atoms in total. The van der Waals surface area contributed by atoms with Crippen LogP contribution in [0.4, 0.5) is 0 Å². The van der Waals surface area contributed by atoms with Gasteiger partial charge in [-0.25, -0.2) is 0 Å². The highest BCUT2D eigenvalue weighted by Crippen LogP contribution is 2.14. The largest absolute Gasteiger partial charge is 0.316 e. The molecule has 1 saturated heterocycles. The number of unbranched alkanes of at least 4 members (excludes halogenated alkanes) is 2. The van der Waals surface area contributed by atoms with Crippen molar-refractivity contribution < 1.29 is 0 Å². The van der Waals surface area contributed by atoms with Crippen molar-refractivity contribution in [2.24, 2.45) is 5.92 Å². The molecule has 14 heavy (non-hydrogen) atoms. The van der Waals surface area contributed by atoms with E-state index in [4.69, 9.17) is 0 Å². The molecule has 0 amide bonds. The van der Waals surface area contributed by atoms with Gasteiger partial charge in [-0.15, -0.1) is 0 Å². The predicted molar refractivity (Wildman–Crippen MR) is 62.6 cm³/mol. The van der Waals surface area contributed by atoms with Crippen molar-refractivity contribution in [3.8, 4) is 0 Å². The van der Waals surface area contributed by atoms with Crippen molar-refractivity contribution >= 4 is 0 Å². The summed E-state index contributed by atoms with van der Waals surface area (Å²) in [4.78, 5) is 2.55. The van der Waals surface area contributed by atoms with Gasteiger partial charge >= 0.3 is 0 Å². The van der Waals surface area contributed by atoms with Crippen molar-refractivity contribution in [3.63, 3.8) is 0 Å². The normalized spacial score (nSPS) is 23.1. The second kappa shape index (κ2) is 7.24. The number of hydrogen-bond donors (Lipinski definition) is 1. The van der Waals surface area contributed by atoms with E-state index in [0.29, 0.717) is 0 Å². The molecule has 2 heteroatoms. The molecule has 0 aliphatic carbocycles. The minimum absolute atomic E-state index is 0.913. The van der Waals surface area contributed by atoms with Gasteiger partial charge in [-0.2, -0.15) is 0 Å². The third-order valence-electron chi connectivity index (χ3n) is 3.21. The second-order valence-electron chi connectivity index (χ2n) is 4.46.